The maximum Gasteiger partial charge on any atom is 0.179 e. The summed E-state index contributed by atoms with van der Waals surface area (Å²) in [5.41, 5.74) is 0.634. The second-order valence-corrected chi connectivity index (χ2v) is 4.10. The van der Waals surface area contributed by atoms with E-state index in [1.54, 1.807) is 36.4 Å². The largest absolute Gasteiger partial charge is 0.493 e. The second kappa shape index (κ2) is 6.56. The van der Waals surface area contributed by atoms with Gasteiger partial charge in [-0.3, -0.25) is 9.59 Å². The van der Waals surface area contributed by atoms with E-state index >= 15 is 0 Å². The van der Waals surface area contributed by atoms with Gasteiger partial charge in [0, 0.05) is 0 Å². The lowest BCUT2D eigenvalue weighted by Gasteiger charge is -2.15. The summed E-state index contributed by atoms with van der Waals surface area (Å²) in [6.07, 6.45) is 1.32. The SMILES string of the molecule is COc1cccc(C=O)c1Oc1c(C=O)cccc1OC. The first-order chi connectivity index (χ1) is 10.2. The Bertz CT molecular complexity index is 606. The van der Waals surface area contributed by atoms with E-state index in [-0.39, 0.29) is 11.5 Å². The molecule has 0 aliphatic rings. The van der Waals surface area contributed by atoms with Gasteiger partial charge in [0.05, 0.1) is 25.3 Å². The molecule has 5 heteroatoms. The molecule has 0 bridgehead atoms. The first-order valence-corrected chi connectivity index (χ1v) is 6.17. The van der Waals surface area contributed by atoms with Crippen molar-refractivity contribution in [1.82, 2.24) is 0 Å². The van der Waals surface area contributed by atoms with Crippen molar-refractivity contribution in [3.8, 4) is 23.0 Å². The normalized spacial score (nSPS) is 9.81. The van der Waals surface area contributed by atoms with Gasteiger partial charge in [0.1, 0.15) is 0 Å². The van der Waals surface area contributed by atoms with Crippen LogP contribution in [-0.2, 0) is 0 Å². The van der Waals surface area contributed by atoms with Crippen LogP contribution in [0.4, 0.5) is 0 Å². The van der Waals surface area contributed by atoms with E-state index in [1.165, 1.54) is 14.2 Å². The summed E-state index contributed by atoms with van der Waals surface area (Å²) in [6, 6.07) is 9.88. The van der Waals surface area contributed by atoms with Crippen LogP contribution in [0.1, 0.15) is 20.7 Å². The molecule has 0 fully saturated rings. The van der Waals surface area contributed by atoms with Crippen LogP contribution < -0.4 is 14.2 Å². The van der Waals surface area contributed by atoms with Gasteiger partial charge in [-0.15, -0.1) is 0 Å². The first kappa shape index (κ1) is 14.6. The third-order valence-corrected chi connectivity index (χ3v) is 2.92. The molecule has 0 saturated carbocycles. The zero-order valence-electron chi connectivity index (χ0n) is 11.7. The quantitative estimate of drug-likeness (QED) is 0.763. The Balaban J connectivity index is 2.57. The number of para-hydroxylation sites is 2. The summed E-state index contributed by atoms with van der Waals surface area (Å²) in [7, 11) is 2.94. The van der Waals surface area contributed by atoms with Crippen molar-refractivity contribution in [3.63, 3.8) is 0 Å². The Morgan fingerprint density at radius 3 is 1.52 bits per heavy atom. The number of aldehydes is 2. The standard InChI is InChI=1S/C16H14O5/c1-19-13-7-3-5-11(9-17)15(13)21-16-12(10-18)6-4-8-14(16)20-2/h3-10H,1-2H3. The summed E-state index contributed by atoms with van der Waals surface area (Å²) in [5, 5.41) is 0. The molecule has 0 heterocycles. The van der Waals surface area contributed by atoms with Crippen molar-refractivity contribution < 1.29 is 23.8 Å². The second-order valence-electron chi connectivity index (χ2n) is 4.10. The molecule has 0 N–H and O–H groups in total. The predicted molar refractivity (Wildman–Crippen MR) is 76.8 cm³/mol. The molecule has 2 aromatic rings. The van der Waals surface area contributed by atoms with Gasteiger partial charge < -0.3 is 14.2 Å². The number of ether oxygens (including phenoxy) is 3. The topological polar surface area (TPSA) is 61.8 Å². The Morgan fingerprint density at radius 1 is 0.762 bits per heavy atom. The molecule has 0 saturated heterocycles. The van der Waals surface area contributed by atoms with Crippen molar-refractivity contribution in [2.45, 2.75) is 0 Å². The van der Waals surface area contributed by atoms with Crippen LogP contribution in [0.25, 0.3) is 0 Å². The van der Waals surface area contributed by atoms with Gasteiger partial charge in [-0.05, 0) is 24.3 Å². The van der Waals surface area contributed by atoms with Gasteiger partial charge in [-0.25, -0.2) is 0 Å². The van der Waals surface area contributed by atoms with Gasteiger partial charge in [-0.2, -0.15) is 0 Å². The maximum absolute atomic E-state index is 11.2. The number of benzene rings is 2. The highest BCUT2D eigenvalue weighted by molar-refractivity contribution is 5.84. The zero-order chi connectivity index (χ0) is 15.2. The monoisotopic (exact) mass is 286 g/mol. The summed E-state index contributed by atoms with van der Waals surface area (Å²) in [5.74, 6) is 1.26. The lowest BCUT2D eigenvalue weighted by Crippen LogP contribution is -1.99. The Labute approximate surface area is 122 Å². The van der Waals surface area contributed by atoms with E-state index in [4.69, 9.17) is 14.2 Å². The third-order valence-electron chi connectivity index (χ3n) is 2.92. The van der Waals surface area contributed by atoms with Crippen LogP contribution in [0, 0.1) is 0 Å². The molecular weight excluding hydrogens is 272 g/mol. The fraction of sp³-hybridized carbons (Fsp3) is 0.125. The van der Waals surface area contributed by atoms with Gasteiger partial charge in [-0.1, -0.05) is 12.1 Å². The highest BCUT2D eigenvalue weighted by atomic mass is 16.5. The molecule has 0 amide bonds. The summed E-state index contributed by atoms with van der Waals surface area (Å²) >= 11 is 0. The van der Waals surface area contributed by atoms with E-state index in [9.17, 15) is 9.59 Å². The van der Waals surface area contributed by atoms with E-state index in [2.05, 4.69) is 0 Å². The summed E-state index contributed by atoms with van der Waals surface area (Å²) < 4.78 is 16.1. The van der Waals surface area contributed by atoms with Crippen molar-refractivity contribution in [2.24, 2.45) is 0 Å². The summed E-state index contributed by atoms with van der Waals surface area (Å²) in [4.78, 5) is 22.3. The predicted octanol–water partition coefficient (Wildman–Crippen LogP) is 3.12. The molecule has 5 nitrogen and oxygen atoms in total. The number of hydrogen-bond acceptors (Lipinski definition) is 5. The molecule has 0 radical (unpaired) electrons. The molecule has 108 valence electrons. The fourth-order valence-corrected chi connectivity index (χ4v) is 1.89. The maximum atomic E-state index is 11.2. The average Bonchev–Trinajstić information content (AvgIpc) is 2.55. The Morgan fingerprint density at radius 2 is 1.19 bits per heavy atom. The molecule has 0 aliphatic heterocycles. The number of carbonyl (C=O) groups excluding carboxylic acids is 2. The smallest absolute Gasteiger partial charge is 0.179 e. The molecule has 0 aromatic heterocycles. The molecule has 0 aliphatic carbocycles. The minimum Gasteiger partial charge on any atom is -0.493 e. The van der Waals surface area contributed by atoms with E-state index in [0.29, 0.717) is 35.2 Å². The van der Waals surface area contributed by atoms with Crippen LogP contribution in [-0.4, -0.2) is 26.8 Å². The average molecular weight is 286 g/mol. The number of carbonyl (C=O) groups is 2. The van der Waals surface area contributed by atoms with Gasteiger partial charge in [0.25, 0.3) is 0 Å². The van der Waals surface area contributed by atoms with Crippen molar-refractivity contribution in [3.05, 3.63) is 47.5 Å². The van der Waals surface area contributed by atoms with Crippen LogP contribution >= 0.6 is 0 Å². The number of hydrogen-bond donors (Lipinski definition) is 0. The minimum atomic E-state index is 0.239. The minimum absolute atomic E-state index is 0.239. The Kier molecular flexibility index (Phi) is 4.56. The molecule has 0 atom stereocenters. The van der Waals surface area contributed by atoms with Gasteiger partial charge in [0.15, 0.2) is 35.6 Å². The van der Waals surface area contributed by atoms with Crippen molar-refractivity contribution in [2.75, 3.05) is 14.2 Å². The van der Waals surface area contributed by atoms with Crippen LogP contribution in [0.15, 0.2) is 36.4 Å². The molecule has 2 aromatic carbocycles. The molecule has 2 rings (SSSR count). The van der Waals surface area contributed by atoms with Gasteiger partial charge >= 0.3 is 0 Å². The molecule has 0 spiro atoms. The lowest BCUT2D eigenvalue weighted by atomic mass is 10.1. The van der Waals surface area contributed by atoms with E-state index < -0.39 is 0 Å². The highest BCUT2D eigenvalue weighted by Gasteiger charge is 2.16. The molecule has 21 heavy (non-hydrogen) atoms. The lowest BCUT2D eigenvalue weighted by molar-refractivity contribution is 0.111. The van der Waals surface area contributed by atoms with Crippen LogP contribution in [0.5, 0.6) is 23.0 Å². The van der Waals surface area contributed by atoms with Gasteiger partial charge in [0.2, 0.25) is 0 Å². The summed E-state index contributed by atoms with van der Waals surface area (Å²) in [6.45, 7) is 0. The zero-order valence-corrected chi connectivity index (χ0v) is 11.7. The van der Waals surface area contributed by atoms with Crippen molar-refractivity contribution >= 4 is 12.6 Å². The third kappa shape index (κ3) is 2.86. The number of rotatable bonds is 6. The molecular formula is C16H14O5. The number of methoxy groups -OCH3 is 2. The Hall–Kier alpha value is -2.82. The van der Waals surface area contributed by atoms with Crippen LogP contribution in [0.3, 0.4) is 0 Å². The van der Waals surface area contributed by atoms with E-state index in [0.717, 1.165) is 0 Å². The van der Waals surface area contributed by atoms with Crippen molar-refractivity contribution in [1.29, 1.82) is 0 Å². The highest BCUT2D eigenvalue weighted by Crippen LogP contribution is 2.39. The van der Waals surface area contributed by atoms with E-state index in [1.807, 2.05) is 0 Å². The fourth-order valence-electron chi connectivity index (χ4n) is 1.89. The van der Waals surface area contributed by atoms with Crippen LogP contribution in [0.2, 0.25) is 0 Å². The first-order valence-electron chi connectivity index (χ1n) is 6.17. The molecule has 0 unspecified atom stereocenters.